The van der Waals surface area contributed by atoms with Crippen molar-refractivity contribution in [2.45, 2.75) is 26.6 Å². The highest BCUT2D eigenvalue weighted by Gasteiger charge is 2.38. The molecule has 18 heavy (non-hydrogen) atoms. The van der Waals surface area contributed by atoms with Gasteiger partial charge in [-0.25, -0.2) is 0 Å². The summed E-state index contributed by atoms with van der Waals surface area (Å²) in [6, 6.07) is 3.66. The first-order chi connectivity index (χ1) is 8.29. The van der Waals surface area contributed by atoms with Gasteiger partial charge in [-0.15, -0.1) is 0 Å². The monoisotopic (exact) mass is 256 g/mol. The van der Waals surface area contributed by atoms with Gasteiger partial charge in [-0.3, -0.25) is 0 Å². The number of rotatable bonds is 1. The third kappa shape index (κ3) is 1.70. The maximum Gasteiger partial charge on any atom is 0.431 e. The van der Waals surface area contributed by atoms with E-state index in [0.717, 1.165) is 11.1 Å². The number of alkyl halides is 3. The molecule has 5 heteroatoms. The normalized spacial score (nSPS) is 12.4. The smallest absolute Gasteiger partial charge is 0.340 e. The van der Waals surface area contributed by atoms with Crippen LogP contribution < -0.4 is 5.73 Å². The minimum atomic E-state index is -4.39. The van der Waals surface area contributed by atoms with Gasteiger partial charge in [0, 0.05) is 24.5 Å². The predicted octanol–water partition coefficient (Wildman–Crippen LogP) is 3.27. The third-order valence-electron chi connectivity index (χ3n) is 3.32. The molecule has 0 saturated carbocycles. The van der Waals surface area contributed by atoms with Gasteiger partial charge >= 0.3 is 6.18 Å². The van der Waals surface area contributed by atoms with E-state index >= 15 is 0 Å². The zero-order valence-electron chi connectivity index (χ0n) is 10.5. The molecule has 98 valence electrons. The molecule has 0 bridgehead atoms. The van der Waals surface area contributed by atoms with Crippen molar-refractivity contribution >= 4 is 10.9 Å². The summed E-state index contributed by atoms with van der Waals surface area (Å²) in [4.78, 5) is 0. The van der Waals surface area contributed by atoms with E-state index in [1.54, 1.807) is 6.92 Å². The average molecular weight is 256 g/mol. The lowest BCUT2D eigenvalue weighted by Gasteiger charge is -2.10. The quantitative estimate of drug-likeness (QED) is 0.834. The number of nitrogens with zero attached hydrogens (tertiary/aromatic N) is 1. The molecule has 2 nitrogen and oxygen atoms in total. The zero-order chi connectivity index (χ0) is 13.7. The summed E-state index contributed by atoms with van der Waals surface area (Å²) >= 11 is 0. The number of benzene rings is 1. The standard InChI is InChI=1S/C13H15F3N2/c1-7-4-5-8(2)11-10(7)9(6-17)12(18(11)3)13(14,15)16/h4-5H,6,17H2,1-3H3. The Kier molecular flexibility index (Phi) is 2.89. The fourth-order valence-electron chi connectivity index (χ4n) is 2.60. The number of aromatic nitrogens is 1. The highest BCUT2D eigenvalue weighted by molar-refractivity contribution is 5.91. The summed E-state index contributed by atoms with van der Waals surface area (Å²) in [5.41, 5.74) is 7.33. The molecule has 0 amide bonds. The Balaban J connectivity index is 3.02. The molecule has 2 N–H and O–H groups in total. The van der Waals surface area contributed by atoms with E-state index in [9.17, 15) is 13.2 Å². The van der Waals surface area contributed by atoms with Crippen molar-refractivity contribution in [3.05, 3.63) is 34.5 Å². The number of fused-ring (bicyclic) bond motifs is 1. The lowest BCUT2D eigenvalue weighted by Crippen LogP contribution is -2.15. The summed E-state index contributed by atoms with van der Waals surface area (Å²) in [5.74, 6) is 0. The first kappa shape index (κ1) is 13.0. The molecular weight excluding hydrogens is 241 g/mol. The Bertz CT molecular complexity index is 609. The largest absolute Gasteiger partial charge is 0.431 e. The van der Waals surface area contributed by atoms with Gasteiger partial charge in [0.15, 0.2) is 0 Å². The third-order valence-corrected chi connectivity index (χ3v) is 3.32. The molecule has 0 aliphatic heterocycles. The zero-order valence-corrected chi connectivity index (χ0v) is 10.5. The van der Waals surface area contributed by atoms with Crippen molar-refractivity contribution in [3.8, 4) is 0 Å². The first-order valence-corrected chi connectivity index (χ1v) is 5.63. The van der Waals surface area contributed by atoms with Crippen LogP contribution >= 0.6 is 0 Å². The van der Waals surface area contributed by atoms with Gasteiger partial charge in [0.25, 0.3) is 0 Å². The van der Waals surface area contributed by atoms with Crippen LogP contribution in [0.2, 0.25) is 0 Å². The number of hydrogen-bond acceptors (Lipinski definition) is 1. The van der Waals surface area contributed by atoms with E-state index in [-0.39, 0.29) is 12.1 Å². The van der Waals surface area contributed by atoms with Gasteiger partial charge in [0.1, 0.15) is 5.69 Å². The fraction of sp³-hybridized carbons (Fsp3) is 0.385. The van der Waals surface area contributed by atoms with Crippen LogP contribution in [0.3, 0.4) is 0 Å². The van der Waals surface area contributed by atoms with Gasteiger partial charge in [0.2, 0.25) is 0 Å². The van der Waals surface area contributed by atoms with Crippen molar-refractivity contribution < 1.29 is 13.2 Å². The molecule has 0 atom stereocenters. The van der Waals surface area contributed by atoms with E-state index < -0.39 is 11.9 Å². The molecule has 0 unspecified atom stereocenters. The molecule has 2 aromatic rings. The fourth-order valence-corrected chi connectivity index (χ4v) is 2.60. The molecule has 0 fully saturated rings. The summed E-state index contributed by atoms with van der Waals surface area (Å²) in [7, 11) is 1.44. The van der Waals surface area contributed by atoms with Gasteiger partial charge in [-0.05, 0) is 25.0 Å². The van der Waals surface area contributed by atoms with Gasteiger partial charge in [-0.1, -0.05) is 12.1 Å². The number of hydrogen-bond donors (Lipinski definition) is 1. The van der Waals surface area contributed by atoms with Crippen LogP contribution in [0.4, 0.5) is 13.2 Å². The van der Waals surface area contributed by atoms with E-state index in [0.29, 0.717) is 10.9 Å². The van der Waals surface area contributed by atoms with Crippen LogP contribution in [0.25, 0.3) is 10.9 Å². The second-order valence-corrected chi connectivity index (χ2v) is 4.51. The van der Waals surface area contributed by atoms with Crippen molar-refractivity contribution in [3.63, 3.8) is 0 Å². The summed E-state index contributed by atoms with van der Waals surface area (Å²) in [6.07, 6.45) is -4.39. The van der Waals surface area contributed by atoms with Crippen LogP contribution in [-0.4, -0.2) is 4.57 Å². The Morgan fingerprint density at radius 1 is 1.17 bits per heavy atom. The molecule has 0 aliphatic carbocycles. The van der Waals surface area contributed by atoms with Crippen LogP contribution in [0.5, 0.6) is 0 Å². The molecule has 1 aromatic carbocycles. The van der Waals surface area contributed by atoms with Gasteiger partial charge in [0.05, 0.1) is 5.52 Å². The van der Waals surface area contributed by atoms with Crippen LogP contribution in [-0.2, 0) is 19.8 Å². The molecule has 0 radical (unpaired) electrons. The molecular formula is C13H15F3N2. The molecule has 0 aliphatic rings. The van der Waals surface area contributed by atoms with Gasteiger partial charge in [-0.2, -0.15) is 13.2 Å². The Hall–Kier alpha value is -1.49. The Labute approximate surface area is 103 Å². The predicted molar refractivity (Wildman–Crippen MR) is 65.3 cm³/mol. The summed E-state index contributed by atoms with van der Waals surface area (Å²) in [6.45, 7) is 3.50. The van der Waals surface area contributed by atoms with E-state index in [1.165, 1.54) is 11.6 Å². The summed E-state index contributed by atoms with van der Waals surface area (Å²) < 4.78 is 40.6. The summed E-state index contributed by atoms with van der Waals surface area (Å²) in [5, 5.41) is 0.632. The average Bonchev–Trinajstić information content (AvgIpc) is 2.57. The SMILES string of the molecule is Cc1ccc(C)c2c1c(CN)c(C(F)(F)F)n2C. The van der Waals surface area contributed by atoms with Crippen molar-refractivity contribution in [2.24, 2.45) is 12.8 Å². The first-order valence-electron chi connectivity index (χ1n) is 5.63. The second kappa shape index (κ2) is 4.02. The van der Waals surface area contributed by atoms with Gasteiger partial charge < -0.3 is 10.3 Å². The van der Waals surface area contributed by atoms with E-state index in [1.807, 2.05) is 19.1 Å². The van der Waals surface area contributed by atoms with E-state index in [2.05, 4.69) is 0 Å². The lowest BCUT2D eigenvalue weighted by atomic mass is 10.0. The van der Waals surface area contributed by atoms with Crippen molar-refractivity contribution in [1.82, 2.24) is 4.57 Å². The highest BCUT2D eigenvalue weighted by Crippen LogP contribution is 2.39. The lowest BCUT2D eigenvalue weighted by molar-refractivity contribution is -0.143. The maximum atomic E-state index is 13.1. The number of nitrogens with two attached hydrogens (primary N) is 1. The second-order valence-electron chi connectivity index (χ2n) is 4.51. The maximum absolute atomic E-state index is 13.1. The topological polar surface area (TPSA) is 30.9 Å². The molecule has 1 heterocycles. The van der Waals surface area contributed by atoms with E-state index in [4.69, 9.17) is 5.73 Å². The molecule has 0 spiro atoms. The minimum Gasteiger partial charge on any atom is -0.340 e. The number of halogens is 3. The molecule has 2 rings (SSSR count). The van der Waals surface area contributed by atoms with Crippen LogP contribution in [0.15, 0.2) is 12.1 Å². The molecule has 0 saturated heterocycles. The van der Waals surface area contributed by atoms with Crippen molar-refractivity contribution in [1.29, 1.82) is 0 Å². The van der Waals surface area contributed by atoms with Crippen molar-refractivity contribution in [2.75, 3.05) is 0 Å². The van der Waals surface area contributed by atoms with Crippen LogP contribution in [0, 0.1) is 13.8 Å². The Morgan fingerprint density at radius 3 is 2.22 bits per heavy atom. The van der Waals surface area contributed by atoms with Crippen LogP contribution in [0.1, 0.15) is 22.4 Å². The molecule has 1 aromatic heterocycles. The highest BCUT2D eigenvalue weighted by atomic mass is 19.4. The minimum absolute atomic E-state index is 0.115. The Morgan fingerprint density at radius 2 is 1.72 bits per heavy atom. The number of aryl methyl sites for hydroxylation is 3.